The molecule has 6 rings (SSSR count). The Bertz CT molecular complexity index is 1360. The van der Waals surface area contributed by atoms with Gasteiger partial charge in [-0.1, -0.05) is 36.4 Å². The number of para-hydroxylation sites is 2. The van der Waals surface area contributed by atoms with E-state index in [9.17, 15) is 0 Å². The summed E-state index contributed by atoms with van der Waals surface area (Å²) in [6, 6.07) is 38.1. The SMILES string of the molecule is CNc1ccccc1.CNc1ccccc1.[CH3][Zr]([CH3])(=[SiH2])([CH]1C=Cc2ccccc21)[CH]1C=Cc2ccccc21. The summed E-state index contributed by atoms with van der Waals surface area (Å²) in [4.78, 5) is 0. The molecule has 38 heavy (non-hydrogen) atoms. The molecule has 4 aromatic rings. The first-order chi connectivity index (χ1) is 18.3. The van der Waals surface area contributed by atoms with Crippen LogP contribution in [0.1, 0.15) is 29.5 Å². The summed E-state index contributed by atoms with van der Waals surface area (Å²) in [6.45, 7) is 2.37. The Morgan fingerprint density at radius 1 is 0.526 bits per heavy atom. The Labute approximate surface area is 231 Å². The van der Waals surface area contributed by atoms with Crippen LogP contribution in [0.15, 0.2) is 121 Å². The quantitative estimate of drug-likeness (QED) is 0.232. The van der Waals surface area contributed by atoms with Crippen molar-refractivity contribution in [2.45, 2.75) is 16.5 Å². The van der Waals surface area contributed by atoms with Crippen LogP contribution in [0.25, 0.3) is 12.2 Å². The summed E-state index contributed by atoms with van der Waals surface area (Å²) in [6.07, 6.45) is 9.69. The van der Waals surface area contributed by atoms with Crippen molar-refractivity contribution in [3.63, 3.8) is 0 Å². The normalized spacial score (nSPS) is 16.8. The zero-order valence-corrected chi connectivity index (χ0v) is 26.9. The van der Waals surface area contributed by atoms with E-state index in [1.54, 1.807) is 11.1 Å². The van der Waals surface area contributed by atoms with Gasteiger partial charge in [0.05, 0.1) is 0 Å². The van der Waals surface area contributed by atoms with E-state index in [0.717, 1.165) is 11.4 Å². The van der Waals surface area contributed by atoms with Gasteiger partial charge >= 0.3 is 136 Å². The molecular formula is C34H40N2SiZr. The summed E-state index contributed by atoms with van der Waals surface area (Å²) in [5.74, 6) is 0. The predicted molar refractivity (Wildman–Crippen MR) is 169 cm³/mol. The number of anilines is 2. The molecule has 2 aliphatic carbocycles. The van der Waals surface area contributed by atoms with Crippen molar-refractivity contribution >= 4 is 30.4 Å². The fraction of sp³-hybridized carbons (Fsp3) is 0.176. The summed E-state index contributed by atoms with van der Waals surface area (Å²) in [5, 5.41) is 6.05. The van der Waals surface area contributed by atoms with Gasteiger partial charge in [-0.15, -0.1) is 0 Å². The van der Waals surface area contributed by atoms with Crippen LogP contribution in [-0.2, 0) is 17.4 Å². The van der Waals surface area contributed by atoms with Crippen LogP contribution >= 0.6 is 0 Å². The second-order valence-corrected chi connectivity index (χ2v) is 41.8. The first kappa shape index (κ1) is 28.1. The summed E-state index contributed by atoms with van der Waals surface area (Å²) in [5.41, 5.74) is 8.30. The number of allylic oxidation sites excluding steroid dienone is 2. The van der Waals surface area contributed by atoms with E-state index in [2.05, 4.69) is 99.6 Å². The van der Waals surface area contributed by atoms with E-state index in [4.69, 9.17) is 0 Å². The van der Waals surface area contributed by atoms with Crippen molar-refractivity contribution in [2.75, 3.05) is 24.7 Å². The Hall–Kier alpha value is -2.94. The topological polar surface area (TPSA) is 24.1 Å². The molecule has 194 valence electrons. The van der Waals surface area contributed by atoms with Crippen molar-refractivity contribution in [3.05, 3.63) is 144 Å². The van der Waals surface area contributed by atoms with Gasteiger partial charge in [-0.05, 0) is 24.3 Å². The van der Waals surface area contributed by atoms with Crippen LogP contribution in [0, 0.1) is 0 Å². The predicted octanol–water partition coefficient (Wildman–Crippen LogP) is 8.31. The summed E-state index contributed by atoms with van der Waals surface area (Å²) < 4.78 is 6.59. The molecular weight excluding hydrogens is 556 g/mol. The molecule has 2 nitrogen and oxygen atoms in total. The Morgan fingerprint density at radius 3 is 1.21 bits per heavy atom. The minimum atomic E-state index is -3.02. The molecule has 0 saturated carbocycles. The minimum absolute atomic E-state index is 0.650. The maximum atomic E-state index is 3.03. The number of nitrogens with one attached hydrogen (secondary N) is 2. The molecule has 4 aromatic carbocycles. The molecule has 0 amide bonds. The zero-order chi connectivity index (χ0) is 27.0. The molecule has 2 aliphatic rings. The third-order valence-electron chi connectivity index (χ3n) is 7.77. The molecule has 0 heterocycles. The van der Waals surface area contributed by atoms with E-state index < -0.39 is 17.4 Å². The summed E-state index contributed by atoms with van der Waals surface area (Å²) >= 11 is -3.02. The molecule has 0 bridgehead atoms. The van der Waals surface area contributed by atoms with Gasteiger partial charge < -0.3 is 10.6 Å². The fourth-order valence-corrected chi connectivity index (χ4v) is 20.6. The van der Waals surface area contributed by atoms with Gasteiger partial charge in [-0.3, -0.25) is 0 Å². The zero-order valence-electron chi connectivity index (χ0n) is 23.1. The van der Waals surface area contributed by atoms with E-state index in [1.807, 2.05) is 74.8 Å². The van der Waals surface area contributed by atoms with Crippen molar-refractivity contribution in [1.29, 1.82) is 0 Å². The van der Waals surface area contributed by atoms with Gasteiger partial charge in [0.15, 0.2) is 0 Å². The Balaban J connectivity index is 0.000000172. The van der Waals surface area contributed by atoms with Crippen LogP contribution in [0.5, 0.6) is 0 Å². The second-order valence-electron chi connectivity index (χ2n) is 11.1. The molecule has 2 N–H and O–H groups in total. The molecule has 2 unspecified atom stereocenters. The van der Waals surface area contributed by atoms with Gasteiger partial charge in [0.2, 0.25) is 0 Å². The number of hydrogen-bond donors (Lipinski definition) is 2. The third-order valence-corrected chi connectivity index (χ3v) is 25.5. The molecule has 0 aliphatic heterocycles. The standard InChI is InChI=1S/2C9H7.2C7H9N.2CH3.H2Si.Zr/c2*1-2-5-9-7-3-6-8(9)4-1;2*1-8-7-5-3-2-4-6-7;;;;/h2*1-7H;2*2-6,8H,1H3;2*1H3;1H2;. The molecule has 0 radical (unpaired) electrons. The molecule has 0 saturated heterocycles. The van der Waals surface area contributed by atoms with Crippen molar-refractivity contribution < 1.29 is 17.4 Å². The average Bonchev–Trinajstić information content (AvgIpc) is 3.61. The van der Waals surface area contributed by atoms with Gasteiger partial charge in [0.25, 0.3) is 0 Å². The third kappa shape index (κ3) is 6.37. The Kier molecular flexibility index (Phi) is 9.07. The number of rotatable bonds is 4. The summed E-state index contributed by atoms with van der Waals surface area (Å²) in [7, 11) is 3.82. The van der Waals surface area contributed by atoms with Crippen LogP contribution in [-0.4, -0.2) is 21.0 Å². The van der Waals surface area contributed by atoms with Crippen LogP contribution in [0.3, 0.4) is 0 Å². The number of fused-ring (bicyclic) bond motifs is 2. The van der Waals surface area contributed by atoms with Gasteiger partial charge in [0.1, 0.15) is 0 Å². The first-order valence-corrected chi connectivity index (χ1v) is 27.1. The Morgan fingerprint density at radius 2 is 0.868 bits per heavy atom. The van der Waals surface area contributed by atoms with Crippen LogP contribution < -0.4 is 10.6 Å². The molecule has 0 fully saturated rings. The fourth-order valence-electron chi connectivity index (χ4n) is 5.56. The van der Waals surface area contributed by atoms with Crippen molar-refractivity contribution in [3.8, 4) is 0 Å². The maximum absolute atomic E-state index is 3.03. The van der Waals surface area contributed by atoms with Crippen molar-refractivity contribution in [2.24, 2.45) is 0 Å². The van der Waals surface area contributed by atoms with E-state index in [-0.39, 0.29) is 0 Å². The van der Waals surface area contributed by atoms with Crippen molar-refractivity contribution in [1.82, 2.24) is 0 Å². The molecule has 4 heteroatoms. The number of benzene rings is 4. The van der Waals surface area contributed by atoms with E-state index >= 15 is 0 Å². The van der Waals surface area contributed by atoms with Gasteiger partial charge in [0, 0.05) is 25.5 Å². The van der Waals surface area contributed by atoms with E-state index in [0.29, 0.717) is 7.25 Å². The van der Waals surface area contributed by atoms with Gasteiger partial charge in [-0.2, -0.15) is 0 Å². The monoisotopic (exact) mass is 594 g/mol. The molecule has 0 aromatic heterocycles. The van der Waals surface area contributed by atoms with E-state index in [1.165, 1.54) is 11.1 Å². The van der Waals surface area contributed by atoms with Crippen LogP contribution in [0.4, 0.5) is 11.4 Å². The van der Waals surface area contributed by atoms with Crippen LogP contribution in [0.2, 0.25) is 9.26 Å². The second kappa shape index (κ2) is 12.3. The molecule has 0 spiro atoms. The average molecular weight is 596 g/mol. The first-order valence-electron chi connectivity index (χ1n) is 13.4. The molecule has 2 atom stereocenters. The number of hydrogen-bond acceptors (Lipinski definition) is 2. The van der Waals surface area contributed by atoms with Gasteiger partial charge in [-0.25, -0.2) is 0 Å².